The number of aryl methyl sites for hydroxylation is 1. The van der Waals surface area contributed by atoms with Crippen molar-refractivity contribution in [2.24, 2.45) is 0 Å². The predicted molar refractivity (Wildman–Crippen MR) is 78.7 cm³/mol. The second-order valence-electron chi connectivity index (χ2n) is 5.20. The maximum atomic E-state index is 12.2. The molecule has 0 aliphatic rings. The Hall–Kier alpha value is -2.23. The summed E-state index contributed by atoms with van der Waals surface area (Å²) in [6.45, 7) is 5.81. The lowest BCUT2D eigenvalue weighted by Gasteiger charge is -2.07. The number of hydrogen-bond donors (Lipinski definition) is 3. The van der Waals surface area contributed by atoms with E-state index in [2.05, 4.69) is 0 Å². The van der Waals surface area contributed by atoms with Gasteiger partial charge in [-0.25, -0.2) is 0 Å². The fourth-order valence-electron chi connectivity index (χ4n) is 2.31. The largest absolute Gasteiger partial charge is 0.504 e. The van der Waals surface area contributed by atoms with Crippen LogP contribution in [0.5, 0.6) is 17.2 Å². The molecule has 3 N–H and O–H groups in total. The van der Waals surface area contributed by atoms with Crippen LogP contribution >= 0.6 is 0 Å². The van der Waals surface area contributed by atoms with Crippen molar-refractivity contribution in [3.63, 3.8) is 0 Å². The monoisotopic (exact) mass is 274 g/mol. The summed E-state index contributed by atoms with van der Waals surface area (Å²) >= 11 is 0. The Morgan fingerprint density at radius 3 is 2.25 bits per heavy atom. The second-order valence-corrected chi connectivity index (χ2v) is 5.20. The van der Waals surface area contributed by atoms with Gasteiger partial charge in [-0.1, -0.05) is 26.8 Å². The Kier molecular flexibility index (Phi) is 3.57. The van der Waals surface area contributed by atoms with Gasteiger partial charge in [-0.2, -0.15) is 0 Å². The van der Waals surface area contributed by atoms with Crippen LogP contribution in [0.2, 0.25) is 0 Å². The first kappa shape index (κ1) is 14.2. The van der Waals surface area contributed by atoms with Gasteiger partial charge in [-0.15, -0.1) is 0 Å². The van der Waals surface area contributed by atoms with Gasteiger partial charge >= 0.3 is 0 Å². The number of phenolic OH excluding ortho intramolecular Hbond substituents is 2. The molecule has 0 saturated carbocycles. The summed E-state index contributed by atoms with van der Waals surface area (Å²) in [5.41, 5.74) is 0.884. The first-order chi connectivity index (χ1) is 9.36. The van der Waals surface area contributed by atoms with Gasteiger partial charge in [-0.05, 0) is 41.0 Å². The third-order valence-corrected chi connectivity index (χ3v) is 3.53. The fraction of sp³-hybridized carbons (Fsp3) is 0.312. The minimum atomic E-state index is -0.671. The molecule has 0 atom stereocenters. The summed E-state index contributed by atoms with van der Waals surface area (Å²) in [4.78, 5) is 12.2. The first-order valence-corrected chi connectivity index (χ1v) is 6.61. The van der Waals surface area contributed by atoms with Crippen LogP contribution in [0.1, 0.15) is 37.8 Å². The molecule has 0 unspecified atom stereocenters. The van der Waals surface area contributed by atoms with E-state index in [0.29, 0.717) is 11.8 Å². The molecule has 0 radical (unpaired) electrons. The molecule has 2 rings (SSSR count). The quantitative estimate of drug-likeness (QED) is 0.736. The van der Waals surface area contributed by atoms with Crippen LogP contribution in [0.4, 0.5) is 0 Å². The number of aromatic hydroxyl groups is 3. The molecule has 0 aliphatic heterocycles. The van der Waals surface area contributed by atoms with Crippen molar-refractivity contribution in [1.82, 2.24) is 0 Å². The van der Waals surface area contributed by atoms with Crippen molar-refractivity contribution >= 4 is 10.8 Å². The highest BCUT2D eigenvalue weighted by molar-refractivity contribution is 5.93. The minimum Gasteiger partial charge on any atom is -0.504 e. The molecule has 0 heterocycles. The van der Waals surface area contributed by atoms with E-state index in [-0.39, 0.29) is 17.1 Å². The molecule has 20 heavy (non-hydrogen) atoms. The Morgan fingerprint density at radius 2 is 1.70 bits per heavy atom. The van der Waals surface area contributed by atoms with Gasteiger partial charge in [0.05, 0.1) is 5.39 Å². The van der Waals surface area contributed by atoms with Crippen molar-refractivity contribution in [1.29, 1.82) is 0 Å². The minimum absolute atomic E-state index is 0.0359. The smallest absolute Gasteiger partial charge is 0.231 e. The van der Waals surface area contributed by atoms with E-state index in [1.165, 1.54) is 12.1 Å². The number of fused-ring (bicyclic) bond motifs is 1. The van der Waals surface area contributed by atoms with Gasteiger partial charge in [0.25, 0.3) is 0 Å². The van der Waals surface area contributed by atoms with Crippen molar-refractivity contribution in [3.05, 3.63) is 39.5 Å². The summed E-state index contributed by atoms with van der Waals surface area (Å²) < 4.78 is 0. The lowest BCUT2D eigenvalue weighted by atomic mass is 9.99. The predicted octanol–water partition coefficient (Wildman–Crippen LogP) is 3.00. The number of rotatable bonds is 2. The Morgan fingerprint density at radius 1 is 1.05 bits per heavy atom. The van der Waals surface area contributed by atoms with Crippen LogP contribution < -0.4 is 5.43 Å². The Bertz CT molecular complexity index is 733. The van der Waals surface area contributed by atoms with Crippen LogP contribution in [0.15, 0.2) is 23.0 Å². The molecule has 0 saturated heterocycles. The number of hydrogen-bond acceptors (Lipinski definition) is 4. The van der Waals surface area contributed by atoms with Gasteiger partial charge in [0.2, 0.25) is 5.43 Å². The topological polar surface area (TPSA) is 77.8 Å². The summed E-state index contributed by atoms with van der Waals surface area (Å²) in [7, 11) is 0. The lowest BCUT2D eigenvalue weighted by molar-refractivity contribution is 0.407. The molecule has 0 amide bonds. The van der Waals surface area contributed by atoms with E-state index < -0.39 is 16.9 Å². The molecule has 0 aromatic heterocycles. The van der Waals surface area contributed by atoms with E-state index in [0.717, 1.165) is 11.1 Å². The fourth-order valence-corrected chi connectivity index (χ4v) is 2.31. The molecule has 106 valence electrons. The number of benzene rings is 1. The highest BCUT2D eigenvalue weighted by Crippen LogP contribution is 2.36. The molecule has 4 nitrogen and oxygen atoms in total. The molecular formula is C16H18O4. The summed E-state index contributed by atoms with van der Waals surface area (Å²) in [5.74, 6) is -1.13. The Labute approximate surface area is 116 Å². The van der Waals surface area contributed by atoms with Crippen LogP contribution in [-0.2, 0) is 6.42 Å². The van der Waals surface area contributed by atoms with E-state index >= 15 is 0 Å². The molecule has 0 bridgehead atoms. The van der Waals surface area contributed by atoms with Crippen molar-refractivity contribution in [2.45, 2.75) is 33.1 Å². The first-order valence-electron chi connectivity index (χ1n) is 6.61. The molecular weight excluding hydrogens is 256 g/mol. The summed E-state index contributed by atoms with van der Waals surface area (Å²) in [6.07, 6.45) is 0.603. The summed E-state index contributed by atoms with van der Waals surface area (Å²) in [6, 6.07) is 4.67. The zero-order chi connectivity index (χ0) is 15.0. The third kappa shape index (κ3) is 2.18. The van der Waals surface area contributed by atoms with Gasteiger partial charge < -0.3 is 15.3 Å². The van der Waals surface area contributed by atoms with Crippen molar-refractivity contribution in [2.75, 3.05) is 0 Å². The lowest BCUT2D eigenvalue weighted by Crippen LogP contribution is -1.99. The molecule has 4 heteroatoms. The van der Waals surface area contributed by atoms with Crippen LogP contribution in [-0.4, -0.2) is 15.3 Å². The van der Waals surface area contributed by atoms with Crippen molar-refractivity contribution < 1.29 is 15.3 Å². The van der Waals surface area contributed by atoms with E-state index in [4.69, 9.17) is 0 Å². The van der Waals surface area contributed by atoms with Gasteiger partial charge in [-0.3, -0.25) is 4.79 Å². The molecule has 0 spiro atoms. The average Bonchev–Trinajstić information content (AvgIpc) is 2.52. The average molecular weight is 274 g/mol. The molecule has 0 fully saturated rings. The van der Waals surface area contributed by atoms with Crippen LogP contribution in [0, 0.1) is 0 Å². The van der Waals surface area contributed by atoms with Gasteiger partial charge in [0.15, 0.2) is 17.2 Å². The summed E-state index contributed by atoms with van der Waals surface area (Å²) in [5, 5.41) is 30.1. The SMILES string of the molecule is CCc1cc(O)c(O)c2c(=O)c(O)cc(C(C)C)cc12. The standard InChI is InChI=1S/C16H18O4/c1-4-9-6-12(17)15(19)14-11(9)5-10(8(2)3)7-13(18)16(14)20/h5-8,17,19H,4H2,1-3H3,(H,18,20). The normalized spacial score (nSPS) is 11.2. The van der Waals surface area contributed by atoms with E-state index in [1.54, 1.807) is 6.07 Å². The zero-order valence-corrected chi connectivity index (χ0v) is 11.8. The molecule has 2 aromatic rings. The van der Waals surface area contributed by atoms with Gasteiger partial charge in [0, 0.05) is 0 Å². The van der Waals surface area contributed by atoms with Crippen molar-refractivity contribution in [3.8, 4) is 17.2 Å². The highest BCUT2D eigenvalue weighted by atomic mass is 16.3. The maximum Gasteiger partial charge on any atom is 0.231 e. The van der Waals surface area contributed by atoms with Crippen LogP contribution in [0.3, 0.4) is 0 Å². The van der Waals surface area contributed by atoms with E-state index in [1.807, 2.05) is 20.8 Å². The molecule has 0 aliphatic carbocycles. The number of phenols is 2. The Balaban J connectivity index is 3.12. The maximum absolute atomic E-state index is 12.2. The van der Waals surface area contributed by atoms with Crippen LogP contribution in [0.25, 0.3) is 10.8 Å². The molecule has 2 aromatic carbocycles. The highest BCUT2D eigenvalue weighted by Gasteiger charge is 2.16. The van der Waals surface area contributed by atoms with E-state index in [9.17, 15) is 20.1 Å². The zero-order valence-electron chi connectivity index (χ0n) is 11.8. The van der Waals surface area contributed by atoms with Gasteiger partial charge in [0.1, 0.15) is 0 Å². The second kappa shape index (κ2) is 5.04. The third-order valence-electron chi connectivity index (χ3n) is 3.53.